The van der Waals surface area contributed by atoms with Gasteiger partial charge in [-0.15, -0.1) is 0 Å². The van der Waals surface area contributed by atoms with Crippen LogP contribution in [0, 0.1) is 15.9 Å². The van der Waals surface area contributed by atoms with Crippen molar-refractivity contribution in [2.45, 2.75) is 0 Å². The highest BCUT2D eigenvalue weighted by atomic mass is 19.1. The topological polar surface area (TPSA) is 79.6 Å². The first-order chi connectivity index (χ1) is 16.5. The first-order valence-electron chi connectivity index (χ1n) is 10.9. The lowest BCUT2D eigenvalue weighted by atomic mass is 10.0. The molecule has 1 aliphatic rings. The number of aromatic nitrogens is 1. The number of carbonyl (C=O) groups is 1. The van der Waals surface area contributed by atoms with E-state index in [2.05, 4.69) is 9.88 Å². The molecule has 4 aromatic rings. The lowest BCUT2D eigenvalue weighted by molar-refractivity contribution is -0.384. The molecule has 0 spiro atoms. The standard InChI is InChI=1S/C26H21FN4O3/c27-23-7-3-1-6-21(23)25-17-22(20-5-2-4-8-24(20)28-25)26(32)30-15-13-29(14-16-30)18-9-11-19(12-10-18)31(33)34/h1-12,17H,13-16H2. The van der Waals surface area contributed by atoms with Crippen LogP contribution in [0.5, 0.6) is 0 Å². The highest BCUT2D eigenvalue weighted by molar-refractivity contribution is 6.07. The number of nitro benzene ring substituents is 1. The summed E-state index contributed by atoms with van der Waals surface area (Å²) in [5.41, 5.74) is 2.83. The van der Waals surface area contributed by atoms with Gasteiger partial charge in [0.1, 0.15) is 5.82 Å². The van der Waals surface area contributed by atoms with Gasteiger partial charge in [-0.3, -0.25) is 14.9 Å². The van der Waals surface area contributed by atoms with Gasteiger partial charge in [0.15, 0.2) is 0 Å². The Morgan fingerprint density at radius 2 is 1.59 bits per heavy atom. The largest absolute Gasteiger partial charge is 0.368 e. The van der Waals surface area contributed by atoms with Crippen LogP contribution in [-0.4, -0.2) is 46.9 Å². The quantitative estimate of drug-likeness (QED) is 0.322. The number of nitrogens with zero attached hydrogens (tertiary/aromatic N) is 4. The van der Waals surface area contributed by atoms with Crippen molar-refractivity contribution < 1.29 is 14.1 Å². The molecule has 1 fully saturated rings. The van der Waals surface area contributed by atoms with Crippen LogP contribution in [0.2, 0.25) is 0 Å². The third kappa shape index (κ3) is 4.05. The van der Waals surface area contributed by atoms with Gasteiger partial charge in [-0.2, -0.15) is 0 Å². The molecule has 1 amide bonds. The molecule has 0 atom stereocenters. The van der Waals surface area contributed by atoms with E-state index < -0.39 is 4.92 Å². The minimum absolute atomic E-state index is 0.0489. The van der Waals surface area contributed by atoms with Crippen molar-refractivity contribution in [3.63, 3.8) is 0 Å². The van der Waals surface area contributed by atoms with Crippen molar-refractivity contribution in [3.8, 4) is 11.3 Å². The number of rotatable bonds is 4. The molecular weight excluding hydrogens is 435 g/mol. The molecule has 0 radical (unpaired) electrons. The van der Waals surface area contributed by atoms with Crippen LogP contribution in [0.1, 0.15) is 10.4 Å². The number of piperazine rings is 1. The summed E-state index contributed by atoms with van der Waals surface area (Å²) in [5, 5.41) is 11.6. The molecule has 0 bridgehead atoms. The summed E-state index contributed by atoms with van der Waals surface area (Å²) in [6.45, 7) is 2.21. The van der Waals surface area contributed by atoms with E-state index in [4.69, 9.17) is 0 Å². The number of fused-ring (bicyclic) bond motifs is 1. The fraction of sp³-hybridized carbons (Fsp3) is 0.154. The number of nitro groups is 1. The zero-order valence-electron chi connectivity index (χ0n) is 18.2. The maximum atomic E-state index is 14.5. The minimum Gasteiger partial charge on any atom is -0.368 e. The molecule has 0 unspecified atom stereocenters. The molecule has 5 rings (SSSR count). The SMILES string of the molecule is O=C(c1cc(-c2ccccc2F)nc2ccccc12)N1CCN(c2ccc([N+](=O)[O-])cc2)CC1. The second-order valence-electron chi connectivity index (χ2n) is 8.10. The summed E-state index contributed by atoms with van der Waals surface area (Å²) >= 11 is 0. The van der Waals surface area contributed by atoms with Gasteiger partial charge in [0.25, 0.3) is 11.6 Å². The second-order valence-corrected chi connectivity index (χ2v) is 8.10. The van der Waals surface area contributed by atoms with Crippen LogP contribution in [0.25, 0.3) is 22.2 Å². The van der Waals surface area contributed by atoms with Crippen LogP contribution in [0.3, 0.4) is 0 Å². The number of anilines is 1. The predicted octanol–water partition coefficient (Wildman–Crippen LogP) is 4.91. The summed E-state index contributed by atoms with van der Waals surface area (Å²) in [5.74, 6) is -0.514. The normalized spacial score (nSPS) is 13.8. The zero-order chi connectivity index (χ0) is 23.7. The van der Waals surface area contributed by atoms with E-state index in [1.165, 1.54) is 18.2 Å². The molecule has 0 N–H and O–H groups in total. The minimum atomic E-state index is -0.422. The van der Waals surface area contributed by atoms with Crippen molar-refractivity contribution in [2.75, 3.05) is 31.1 Å². The van der Waals surface area contributed by atoms with Crippen LogP contribution in [-0.2, 0) is 0 Å². The Hall–Kier alpha value is -4.33. The van der Waals surface area contributed by atoms with Gasteiger partial charge in [-0.1, -0.05) is 30.3 Å². The number of carbonyl (C=O) groups excluding carboxylic acids is 1. The van der Waals surface area contributed by atoms with Crippen LogP contribution < -0.4 is 4.90 Å². The van der Waals surface area contributed by atoms with Gasteiger partial charge in [0, 0.05) is 54.9 Å². The average molecular weight is 456 g/mol. The van der Waals surface area contributed by atoms with Gasteiger partial charge in [-0.25, -0.2) is 9.37 Å². The van der Waals surface area contributed by atoms with Crippen LogP contribution in [0.15, 0.2) is 78.9 Å². The number of halogens is 1. The fourth-order valence-electron chi connectivity index (χ4n) is 4.28. The number of amides is 1. The van der Waals surface area contributed by atoms with E-state index in [1.54, 1.807) is 41.3 Å². The average Bonchev–Trinajstić information content (AvgIpc) is 2.88. The lowest BCUT2D eigenvalue weighted by Crippen LogP contribution is -2.48. The molecule has 0 aliphatic carbocycles. The predicted molar refractivity (Wildman–Crippen MR) is 128 cm³/mol. The Morgan fingerprint density at radius 1 is 0.912 bits per heavy atom. The van der Waals surface area contributed by atoms with Crippen molar-refractivity contribution in [1.29, 1.82) is 0 Å². The van der Waals surface area contributed by atoms with E-state index in [0.717, 1.165) is 11.1 Å². The number of non-ortho nitro benzene ring substituents is 1. The molecule has 2 heterocycles. The Balaban J connectivity index is 1.40. The van der Waals surface area contributed by atoms with E-state index in [9.17, 15) is 19.3 Å². The second kappa shape index (κ2) is 8.90. The van der Waals surface area contributed by atoms with Gasteiger partial charge < -0.3 is 9.80 Å². The van der Waals surface area contributed by atoms with Crippen LogP contribution >= 0.6 is 0 Å². The highest BCUT2D eigenvalue weighted by Gasteiger charge is 2.25. The highest BCUT2D eigenvalue weighted by Crippen LogP contribution is 2.28. The summed E-state index contributed by atoms with van der Waals surface area (Å²) in [6.07, 6.45) is 0. The number of pyridine rings is 1. The van der Waals surface area contributed by atoms with Crippen molar-refractivity contribution >= 4 is 28.2 Å². The third-order valence-corrected chi connectivity index (χ3v) is 6.09. The van der Waals surface area contributed by atoms with E-state index in [-0.39, 0.29) is 17.4 Å². The van der Waals surface area contributed by atoms with E-state index in [0.29, 0.717) is 48.5 Å². The molecule has 0 saturated carbocycles. The number of benzene rings is 3. The van der Waals surface area contributed by atoms with Gasteiger partial charge in [0.05, 0.1) is 21.7 Å². The number of hydrogen-bond donors (Lipinski definition) is 0. The Labute approximate surface area is 195 Å². The number of para-hydroxylation sites is 1. The van der Waals surface area contributed by atoms with Gasteiger partial charge in [0.2, 0.25) is 0 Å². The van der Waals surface area contributed by atoms with E-state index >= 15 is 0 Å². The molecule has 34 heavy (non-hydrogen) atoms. The maximum Gasteiger partial charge on any atom is 0.269 e. The molecule has 3 aromatic carbocycles. The van der Waals surface area contributed by atoms with Gasteiger partial charge in [-0.05, 0) is 36.4 Å². The van der Waals surface area contributed by atoms with Crippen molar-refractivity contribution in [3.05, 3.63) is 100 Å². The summed E-state index contributed by atoms with van der Waals surface area (Å²) in [7, 11) is 0. The molecular formula is C26H21FN4O3. The molecule has 1 aliphatic heterocycles. The Bertz CT molecular complexity index is 1380. The maximum absolute atomic E-state index is 14.5. The molecule has 1 saturated heterocycles. The third-order valence-electron chi connectivity index (χ3n) is 6.09. The Morgan fingerprint density at radius 3 is 2.29 bits per heavy atom. The monoisotopic (exact) mass is 456 g/mol. The van der Waals surface area contributed by atoms with Gasteiger partial charge >= 0.3 is 0 Å². The first-order valence-corrected chi connectivity index (χ1v) is 10.9. The lowest BCUT2D eigenvalue weighted by Gasteiger charge is -2.36. The first kappa shape index (κ1) is 21.5. The fourth-order valence-corrected chi connectivity index (χ4v) is 4.28. The number of hydrogen-bond acceptors (Lipinski definition) is 5. The van der Waals surface area contributed by atoms with Crippen molar-refractivity contribution in [2.24, 2.45) is 0 Å². The van der Waals surface area contributed by atoms with Crippen LogP contribution in [0.4, 0.5) is 15.8 Å². The summed E-state index contributed by atoms with van der Waals surface area (Å²) in [6, 6.07) is 21.9. The molecule has 7 nitrogen and oxygen atoms in total. The smallest absolute Gasteiger partial charge is 0.269 e. The molecule has 8 heteroatoms. The molecule has 170 valence electrons. The molecule has 1 aromatic heterocycles. The summed E-state index contributed by atoms with van der Waals surface area (Å²) < 4.78 is 14.5. The zero-order valence-corrected chi connectivity index (χ0v) is 18.2. The van der Waals surface area contributed by atoms with E-state index in [1.807, 2.05) is 24.3 Å². The summed E-state index contributed by atoms with van der Waals surface area (Å²) in [4.78, 5) is 32.5. The Kier molecular flexibility index (Phi) is 5.63. The van der Waals surface area contributed by atoms with Crippen molar-refractivity contribution in [1.82, 2.24) is 9.88 Å².